The van der Waals surface area contributed by atoms with Crippen LogP contribution >= 0.6 is 0 Å². The Labute approximate surface area is 105 Å². The maximum Gasteiger partial charge on any atom is 0.305 e. The second-order valence-corrected chi connectivity index (χ2v) is 4.14. The number of Topliss-reactive ketones (excluding diaryl/α,β-unsaturated/α-hetero) is 1. The molecule has 0 amide bonds. The van der Waals surface area contributed by atoms with Crippen LogP contribution in [0.1, 0.15) is 23.7 Å². The Morgan fingerprint density at radius 1 is 1.28 bits per heavy atom. The fraction of sp³-hybridized carbons (Fsp3) is 0.385. The molecule has 0 aliphatic rings. The van der Waals surface area contributed by atoms with Gasteiger partial charge in [0.2, 0.25) is 0 Å². The third kappa shape index (κ3) is 4.65. The molecule has 0 aromatic heterocycles. The van der Waals surface area contributed by atoms with Crippen molar-refractivity contribution in [2.45, 2.75) is 25.5 Å². The quantitative estimate of drug-likeness (QED) is 0.620. The van der Waals surface area contributed by atoms with Crippen molar-refractivity contribution < 1.29 is 19.8 Å². The molecule has 98 valence electrons. The highest BCUT2D eigenvalue weighted by molar-refractivity contribution is 6.01. The Morgan fingerprint density at radius 3 is 2.39 bits per heavy atom. The lowest BCUT2D eigenvalue weighted by molar-refractivity contribution is -0.137. The van der Waals surface area contributed by atoms with Crippen LogP contribution in [0.5, 0.6) is 0 Å². The van der Waals surface area contributed by atoms with Crippen molar-refractivity contribution in [2.75, 3.05) is 6.54 Å². The van der Waals surface area contributed by atoms with Crippen LogP contribution in [0, 0.1) is 0 Å². The molecule has 2 atom stereocenters. The molecule has 0 bridgehead atoms. The molecule has 1 aromatic carbocycles. The molecule has 0 fully saturated rings. The van der Waals surface area contributed by atoms with Gasteiger partial charge in [0.1, 0.15) is 0 Å². The number of nitrogens with one attached hydrogen (secondary N) is 1. The molecule has 1 aromatic rings. The lowest BCUT2D eigenvalue weighted by Gasteiger charge is -2.16. The zero-order chi connectivity index (χ0) is 13.5. The first-order valence-corrected chi connectivity index (χ1v) is 5.73. The molecule has 0 radical (unpaired) electrons. The van der Waals surface area contributed by atoms with E-state index in [0.29, 0.717) is 5.56 Å². The van der Waals surface area contributed by atoms with Gasteiger partial charge in [-0.3, -0.25) is 9.59 Å². The number of aliphatic hydroxyl groups excluding tert-OH is 1. The highest BCUT2D eigenvalue weighted by Gasteiger charge is 2.22. The number of ketones is 1. The molecular formula is C13H17NO4. The van der Waals surface area contributed by atoms with Crippen LogP contribution < -0.4 is 5.32 Å². The summed E-state index contributed by atoms with van der Waals surface area (Å²) in [6.45, 7) is 1.74. The monoisotopic (exact) mass is 251 g/mol. The average molecular weight is 251 g/mol. The smallest absolute Gasteiger partial charge is 0.305 e. The van der Waals surface area contributed by atoms with Crippen molar-refractivity contribution in [1.82, 2.24) is 5.32 Å². The minimum atomic E-state index is -1.05. The number of rotatable bonds is 7. The SMILES string of the molecule is CC(O)CNC(CC(=O)O)C(=O)c1ccccc1. The molecule has 18 heavy (non-hydrogen) atoms. The topological polar surface area (TPSA) is 86.6 Å². The summed E-state index contributed by atoms with van der Waals surface area (Å²) in [4.78, 5) is 22.8. The minimum Gasteiger partial charge on any atom is -0.481 e. The number of benzene rings is 1. The van der Waals surface area contributed by atoms with E-state index in [1.165, 1.54) is 0 Å². The van der Waals surface area contributed by atoms with Crippen LogP contribution in [0.4, 0.5) is 0 Å². The Kier molecular flexibility index (Phi) is 5.48. The Balaban J connectivity index is 2.75. The van der Waals surface area contributed by atoms with Gasteiger partial charge in [-0.15, -0.1) is 0 Å². The summed E-state index contributed by atoms with van der Waals surface area (Å²) >= 11 is 0. The lowest BCUT2D eigenvalue weighted by atomic mass is 10.0. The normalized spacial score (nSPS) is 13.9. The summed E-state index contributed by atoms with van der Waals surface area (Å²) in [5.41, 5.74) is 0.460. The van der Waals surface area contributed by atoms with E-state index < -0.39 is 18.1 Å². The first-order chi connectivity index (χ1) is 8.50. The molecule has 0 heterocycles. The second-order valence-electron chi connectivity index (χ2n) is 4.14. The van der Waals surface area contributed by atoms with Gasteiger partial charge in [0.05, 0.1) is 18.6 Å². The molecule has 1 rings (SSSR count). The molecule has 0 aliphatic carbocycles. The highest BCUT2D eigenvalue weighted by Crippen LogP contribution is 2.06. The van der Waals surface area contributed by atoms with Gasteiger partial charge in [-0.2, -0.15) is 0 Å². The third-order valence-corrected chi connectivity index (χ3v) is 2.41. The summed E-state index contributed by atoms with van der Waals surface area (Å²) in [5.74, 6) is -1.33. The van der Waals surface area contributed by atoms with Gasteiger partial charge in [0.15, 0.2) is 5.78 Å². The van der Waals surface area contributed by atoms with E-state index in [4.69, 9.17) is 10.2 Å². The van der Waals surface area contributed by atoms with E-state index in [2.05, 4.69) is 5.32 Å². The molecule has 0 aliphatic heterocycles. The second kappa shape index (κ2) is 6.88. The van der Waals surface area contributed by atoms with Crippen molar-refractivity contribution >= 4 is 11.8 Å². The number of carbonyl (C=O) groups is 2. The molecule has 0 saturated heterocycles. The van der Waals surface area contributed by atoms with Crippen LogP contribution in [0.15, 0.2) is 30.3 Å². The van der Waals surface area contributed by atoms with Gasteiger partial charge < -0.3 is 15.5 Å². The highest BCUT2D eigenvalue weighted by atomic mass is 16.4. The largest absolute Gasteiger partial charge is 0.481 e. The molecule has 0 saturated carbocycles. The summed E-state index contributed by atoms with van der Waals surface area (Å²) in [7, 11) is 0. The van der Waals surface area contributed by atoms with Gasteiger partial charge in [0, 0.05) is 12.1 Å². The van der Waals surface area contributed by atoms with Crippen LogP contribution in [-0.4, -0.2) is 40.7 Å². The summed E-state index contributed by atoms with van der Waals surface area (Å²) in [6.07, 6.45) is -0.939. The number of aliphatic hydroxyl groups is 1. The summed E-state index contributed by atoms with van der Waals surface area (Å²) in [5, 5.41) is 20.7. The first-order valence-electron chi connectivity index (χ1n) is 5.73. The van der Waals surface area contributed by atoms with Gasteiger partial charge in [-0.25, -0.2) is 0 Å². The maximum atomic E-state index is 12.1. The fourth-order valence-corrected chi connectivity index (χ4v) is 1.55. The zero-order valence-corrected chi connectivity index (χ0v) is 10.2. The number of hydrogen-bond donors (Lipinski definition) is 3. The van der Waals surface area contributed by atoms with E-state index in [0.717, 1.165) is 0 Å². The molecule has 5 nitrogen and oxygen atoms in total. The van der Waals surface area contributed by atoms with Crippen molar-refractivity contribution in [1.29, 1.82) is 0 Å². The van der Waals surface area contributed by atoms with E-state index in [9.17, 15) is 9.59 Å². The zero-order valence-electron chi connectivity index (χ0n) is 10.2. The number of carboxylic acids is 1. The third-order valence-electron chi connectivity index (χ3n) is 2.41. The Morgan fingerprint density at radius 2 is 1.89 bits per heavy atom. The number of aliphatic carboxylic acids is 1. The van der Waals surface area contributed by atoms with Crippen LogP contribution in [-0.2, 0) is 4.79 Å². The van der Waals surface area contributed by atoms with E-state index >= 15 is 0 Å². The van der Waals surface area contributed by atoms with Crippen molar-refractivity contribution in [3.05, 3.63) is 35.9 Å². The summed E-state index contributed by atoms with van der Waals surface area (Å²) in [6, 6.07) is 7.69. The first kappa shape index (κ1) is 14.3. The molecule has 2 unspecified atom stereocenters. The summed E-state index contributed by atoms with van der Waals surface area (Å²) < 4.78 is 0. The minimum absolute atomic E-state index is 0.177. The number of carbonyl (C=O) groups excluding carboxylic acids is 1. The van der Waals surface area contributed by atoms with Gasteiger partial charge in [-0.1, -0.05) is 30.3 Å². The van der Waals surface area contributed by atoms with Gasteiger partial charge >= 0.3 is 5.97 Å². The lowest BCUT2D eigenvalue weighted by Crippen LogP contribution is -2.41. The van der Waals surface area contributed by atoms with E-state index in [-0.39, 0.29) is 18.7 Å². The molecule has 0 spiro atoms. The molecular weight excluding hydrogens is 234 g/mol. The maximum absolute atomic E-state index is 12.1. The van der Waals surface area contributed by atoms with E-state index in [1.807, 2.05) is 0 Å². The predicted molar refractivity (Wildman–Crippen MR) is 66.5 cm³/mol. The number of hydrogen-bond acceptors (Lipinski definition) is 4. The van der Waals surface area contributed by atoms with Crippen LogP contribution in [0.2, 0.25) is 0 Å². The molecule has 5 heteroatoms. The molecule has 3 N–H and O–H groups in total. The van der Waals surface area contributed by atoms with Crippen LogP contribution in [0.25, 0.3) is 0 Å². The standard InChI is InChI=1S/C13H17NO4/c1-9(15)8-14-11(7-12(16)17)13(18)10-5-3-2-4-6-10/h2-6,9,11,14-15H,7-8H2,1H3,(H,16,17). The van der Waals surface area contributed by atoms with Crippen molar-refractivity contribution in [3.63, 3.8) is 0 Å². The predicted octanol–water partition coefficient (Wildman–Crippen LogP) is 0.683. The fourth-order valence-electron chi connectivity index (χ4n) is 1.55. The van der Waals surface area contributed by atoms with Gasteiger partial charge in [-0.05, 0) is 6.92 Å². The van der Waals surface area contributed by atoms with Crippen molar-refractivity contribution in [3.8, 4) is 0 Å². The number of carboxylic acid groups (broad SMARTS) is 1. The van der Waals surface area contributed by atoms with E-state index in [1.54, 1.807) is 37.3 Å². The average Bonchev–Trinajstić information content (AvgIpc) is 2.34. The van der Waals surface area contributed by atoms with Crippen molar-refractivity contribution in [2.24, 2.45) is 0 Å². The van der Waals surface area contributed by atoms with Crippen LogP contribution in [0.3, 0.4) is 0 Å². The Bertz CT molecular complexity index is 403. The van der Waals surface area contributed by atoms with Gasteiger partial charge in [0.25, 0.3) is 0 Å². The Hall–Kier alpha value is -1.72.